The van der Waals surface area contributed by atoms with Gasteiger partial charge in [-0.2, -0.15) is 0 Å². The van der Waals surface area contributed by atoms with Crippen molar-refractivity contribution in [1.82, 2.24) is 0 Å². The lowest BCUT2D eigenvalue weighted by Gasteiger charge is -2.28. The predicted octanol–water partition coefficient (Wildman–Crippen LogP) is 4.20. The number of nitrogens with zero attached hydrogens (tertiary/aromatic N) is 1. The molecule has 0 saturated heterocycles. The van der Waals surface area contributed by atoms with Crippen LogP contribution in [-0.4, -0.2) is 20.8 Å². The van der Waals surface area contributed by atoms with Gasteiger partial charge < -0.3 is 5.32 Å². The second kappa shape index (κ2) is 6.64. The van der Waals surface area contributed by atoms with Crippen LogP contribution >= 0.6 is 34.8 Å². The van der Waals surface area contributed by atoms with Gasteiger partial charge in [0.2, 0.25) is 9.83 Å². The van der Waals surface area contributed by atoms with E-state index in [1.54, 1.807) is 19.1 Å². The quantitative estimate of drug-likeness (QED) is 0.501. The zero-order valence-electron chi connectivity index (χ0n) is 10.6. The molecule has 19 heavy (non-hydrogen) atoms. The van der Waals surface area contributed by atoms with Crippen LogP contribution in [0.15, 0.2) is 24.3 Å². The second-order valence-corrected chi connectivity index (χ2v) is 6.66. The van der Waals surface area contributed by atoms with E-state index in [9.17, 15) is 10.1 Å². The van der Waals surface area contributed by atoms with Crippen molar-refractivity contribution in [2.45, 2.75) is 36.1 Å². The Morgan fingerprint density at radius 1 is 1.32 bits per heavy atom. The Labute approximate surface area is 127 Å². The molecule has 0 saturated carbocycles. The zero-order chi connectivity index (χ0) is 14.6. The molecule has 1 N–H and O–H groups in total. The largest absolute Gasteiger partial charge is 0.372 e. The number of nitrogens with one attached hydrogen (secondary N) is 1. The number of aryl methyl sites for hydroxylation is 1. The molecule has 2 unspecified atom stereocenters. The summed E-state index contributed by atoms with van der Waals surface area (Å²) in [4.78, 5) is 10.6. The van der Waals surface area contributed by atoms with E-state index in [-0.39, 0.29) is 6.42 Å². The van der Waals surface area contributed by atoms with E-state index in [2.05, 4.69) is 5.32 Å². The highest BCUT2D eigenvalue weighted by Gasteiger charge is 2.44. The van der Waals surface area contributed by atoms with Crippen molar-refractivity contribution in [1.29, 1.82) is 0 Å². The smallest absolute Gasteiger partial charge is 0.236 e. The van der Waals surface area contributed by atoms with Gasteiger partial charge in [0.25, 0.3) is 0 Å². The van der Waals surface area contributed by atoms with E-state index < -0.39 is 20.8 Å². The molecule has 0 radical (unpaired) electrons. The van der Waals surface area contributed by atoms with Gasteiger partial charge >= 0.3 is 0 Å². The summed E-state index contributed by atoms with van der Waals surface area (Å²) < 4.78 is -1.77. The molecule has 0 spiro atoms. The van der Waals surface area contributed by atoms with Crippen LogP contribution in [0.4, 0.5) is 5.69 Å². The van der Waals surface area contributed by atoms with E-state index in [4.69, 9.17) is 34.8 Å². The highest BCUT2D eigenvalue weighted by atomic mass is 35.6. The molecule has 0 bridgehead atoms. The molecule has 0 aliphatic rings. The van der Waals surface area contributed by atoms with Crippen molar-refractivity contribution in [2.24, 2.45) is 0 Å². The SMILES string of the molecule is CCC(C(Nc1ccc(C)cc1)C(Cl)(Cl)Cl)[N+](=O)[O-]. The summed E-state index contributed by atoms with van der Waals surface area (Å²) in [6.45, 7) is 3.63. The van der Waals surface area contributed by atoms with Gasteiger partial charge in [-0.15, -0.1) is 0 Å². The topological polar surface area (TPSA) is 55.2 Å². The maximum atomic E-state index is 11.1. The Bertz CT molecular complexity index is 432. The number of halogens is 3. The first-order valence-corrected chi connectivity index (χ1v) is 6.92. The summed E-state index contributed by atoms with van der Waals surface area (Å²) >= 11 is 17.6. The fraction of sp³-hybridized carbons (Fsp3) is 0.500. The highest BCUT2D eigenvalue weighted by Crippen LogP contribution is 2.35. The van der Waals surface area contributed by atoms with E-state index in [1.165, 1.54) is 0 Å². The number of nitro groups is 1. The molecule has 106 valence electrons. The molecule has 7 heteroatoms. The minimum atomic E-state index is -1.77. The Morgan fingerprint density at radius 2 is 1.84 bits per heavy atom. The van der Waals surface area contributed by atoms with E-state index >= 15 is 0 Å². The Morgan fingerprint density at radius 3 is 2.21 bits per heavy atom. The average molecular weight is 326 g/mol. The minimum absolute atomic E-state index is 0.268. The number of rotatable bonds is 5. The van der Waals surface area contributed by atoms with E-state index in [0.717, 1.165) is 5.56 Å². The Kier molecular flexibility index (Phi) is 5.71. The maximum Gasteiger partial charge on any atom is 0.236 e. The van der Waals surface area contributed by atoms with Gasteiger partial charge in [0.05, 0.1) is 0 Å². The van der Waals surface area contributed by atoms with Crippen LogP contribution in [0, 0.1) is 17.0 Å². The van der Waals surface area contributed by atoms with Crippen molar-refractivity contribution in [3.05, 3.63) is 39.9 Å². The maximum absolute atomic E-state index is 11.1. The number of hydrogen-bond donors (Lipinski definition) is 1. The fourth-order valence-corrected chi connectivity index (χ4v) is 2.33. The Hall–Kier alpha value is -0.710. The van der Waals surface area contributed by atoms with Gasteiger partial charge in [-0.3, -0.25) is 10.1 Å². The molecule has 1 aromatic carbocycles. The monoisotopic (exact) mass is 324 g/mol. The first kappa shape index (κ1) is 16.3. The summed E-state index contributed by atoms with van der Waals surface area (Å²) in [5.41, 5.74) is 1.76. The zero-order valence-corrected chi connectivity index (χ0v) is 12.8. The normalized spacial score (nSPS) is 14.8. The third kappa shape index (κ3) is 4.71. The molecule has 0 aliphatic heterocycles. The van der Waals surface area contributed by atoms with Crippen LogP contribution in [0.5, 0.6) is 0 Å². The fourth-order valence-electron chi connectivity index (χ4n) is 1.73. The number of alkyl halides is 3. The standard InChI is InChI=1S/C12H15Cl3N2O2/c1-3-10(17(18)19)11(12(13,14)15)16-9-6-4-8(2)5-7-9/h4-7,10-11,16H,3H2,1-2H3. The Balaban J connectivity index is 2.98. The number of anilines is 1. The molecule has 1 aromatic rings. The average Bonchev–Trinajstić information content (AvgIpc) is 2.29. The molecular weight excluding hydrogens is 311 g/mol. The summed E-state index contributed by atoms with van der Waals surface area (Å²) in [7, 11) is 0. The summed E-state index contributed by atoms with van der Waals surface area (Å²) in [6.07, 6.45) is 0.268. The second-order valence-electron chi connectivity index (χ2n) is 4.29. The van der Waals surface area contributed by atoms with E-state index in [1.807, 2.05) is 19.1 Å². The van der Waals surface area contributed by atoms with Gasteiger partial charge in [0.1, 0.15) is 6.04 Å². The summed E-state index contributed by atoms with van der Waals surface area (Å²) in [5, 5.41) is 14.0. The van der Waals surface area contributed by atoms with Crippen LogP contribution < -0.4 is 5.32 Å². The molecule has 0 aliphatic carbocycles. The van der Waals surface area contributed by atoms with Crippen LogP contribution in [0.1, 0.15) is 18.9 Å². The minimum Gasteiger partial charge on any atom is -0.372 e. The van der Waals surface area contributed by atoms with Crippen LogP contribution in [0.25, 0.3) is 0 Å². The van der Waals surface area contributed by atoms with Crippen LogP contribution in [0.3, 0.4) is 0 Å². The molecule has 0 aromatic heterocycles. The first-order chi connectivity index (χ1) is 8.75. The lowest BCUT2D eigenvalue weighted by molar-refractivity contribution is -0.524. The molecule has 0 fully saturated rings. The molecular formula is C12H15Cl3N2O2. The molecule has 2 atom stereocenters. The van der Waals surface area contributed by atoms with Gasteiger partial charge in [0, 0.05) is 17.0 Å². The van der Waals surface area contributed by atoms with Gasteiger partial charge in [-0.1, -0.05) is 59.4 Å². The van der Waals surface area contributed by atoms with Crippen molar-refractivity contribution in [3.63, 3.8) is 0 Å². The number of benzene rings is 1. The van der Waals surface area contributed by atoms with Gasteiger partial charge in [-0.25, -0.2) is 0 Å². The lowest BCUT2D eigenvalue weighted by Crippen LogP contribution is -2.47. The third-order valence-electron chi connectivity index (χ3n) is 2.80. The van der Waals surface area contributed by atoms with Crippen molar-refractivity contribution >= 4 is 40.5 Å². The van der Waals surface area contributed by atoms with Crippen molar-refractivity contribution in [2.75, 3.05) is 5.32 Å². The summed E-state index contributed by atoms with van der Waals surface area (Å²) in [5.74, 6) is 0. The third-order valence-corrected chi connectivity index (χ3v) is 3.51. The predicted molar refractivity (Wildman–Crippen MR) is 80.0 cm³/mol. The molecule has 0 amide bonds. The summed E-state index contributed by atoms with van der Waals surface area (Å²) in [6, 6.07) is 5.47. The van der Waals surface area contributed by atoms with Crippen LogP contribution in [-0.2, 0) is 0 Å². The van der Waals surface area contributed by atoms with Crippen molar-refractivity contribution < 1.29 is 4.92 Å². The number of hydrogen-bond acceptors (Lipinski definition) is 3. The molecule has 1 rings (SSSR count). The molecule has 0 heterocycles. The van der Waals surface area contributed by atoms with Crippen LogP contribution in [0.2, 0.25) is 0 Å². The first-order valence-electron chi connectivity index (χ1n) is 5.79. The highest BCUT2D eigenvalue weighted by molar-refractivity contribution is 6.68. The lowest BCUT2D eigenvalue weighted by atomic mass is 10.1. The van der Waals surface area contributed by atoms with Crippen molar-refractivity contribution in [3.8, 4) is 0 Å². The van der Waals surface area contributed by atoms with Gasteiger partial charge in [-0.05, 0) is 19.1 Å². The molecule has 4 nitrogen and oxygen atoms in total. The van der Waals surface area contributed by atoms with Gasteiger partial charge in [0.15, 0.2) is 0 Å². The van der Waals surface area contributed by atoms with E-state index in [0.29, 0.717) is 5.69 Å².